The van der Waals surface area contributed by atoms with Crippen LogP contribution in [0.5, 0.6) is 5.75 Å². The molecule has 0 saturated carbocycles. The molecular formula is C15H17BrN2O2. The first kappa shape index (κ1) is 14.9. The number of fused-ring (bicyclic) bond motifs is 1. The van der Waals surface area contributed by atoms with E-state index in [1.54, 1.807) is 0 Å². The molecule has 20 heavy (non-hydrogen) atoms. The molecule has 0 radical (unpaired) electrons. The number of hydrogen-bond donors (Lipinski definition) is 1. The summed E-state index contributed by atoms with van der Waals surface area (Å²) in [7, 11) is 0. The van der Waals surface area contributed by atoms with Crippen LogP contribution in [-0.4, -0.2) is 18.6 Å². The fourth-order valence-electron chi connectivity index (χ4n) is 2.09. The number of carbonyl (C=O) groups is 1. The van der Waals surface area contributed by atoms with Crippen LogP contribution >= 0.6 is 15.9 Å². The first-order valence-electron chi connectivity index (χ1n) is 6.45. The number of rotatable bonds is 2. The molecule has 0 saturated heterocycles. The van der Waals surface area contributed by atoms with Crippen LogP contribution < -0.4 is 10.1 Å². The minimum Gasteiger partial charge on any atom is -0.492 e. The van der Waals surface area contributed by atoms with Crippen molar-refractivity contribution in [2.24, 2.45) is 5.41 Å². The molecule has 0 fully saturated rings. The maximum absolute atomic E-state index is 12.4. The second kappa shape index (κ2) is 5.45. The van der Waals surface area contributed by atoms with E-state index in [0.717, 1.165) is 15.8 Å². The van der Waals surface area contributed by atoms with Gasteiger partial charge in [0, 0.05) is 10.0 Å². The number of benzene rings is 1. The lowest BCUT2D eigenvalue weighted by atomic mass is 9.87. The van der Waals surface area contributed by atoms with Crippen LogP contribution in [0.1, 0.15) is 32.3 Å². The maximum Gasteiger partial charge on any atom is 0.232 e. The Morgan fingerprint density at radius 2 is 2.25 bits per heavy atom. The highest BCUT2D eigenvalue weighted by Crippen LogP contribution is 2.36. The van der Waals surface area contributed by atoms with Crippen LogP contribution in [0.25, 0.3) is 0 Å². The van der Waals surface area contributed by atoms with Gasteiger partial charge in [-0.3, -0.25) is 4.79 Å². The normalized spacial score (nSPS) is 18.6. The van der Waals surface area contributed by atoms with Gasteiger partial charge in [0.2, 0.25) is 5.91 Å². The number of nitrogens with one attached hydrogen (secondary N) is 1. The summed E-state index contributed by atoms with van der Waals surface area (Å²) in [5.41, 5.74) is 0.562. The predicted octanol–water partition coefficient (Wildman–Crippen LogP) is 2.98. The van der Waals surface area contributed by atoms with Crippen molar-refractivity contribution in [1.29, 1.82) is 5.26 Å². The third-order valence-electron chi connectivity index (χ3n) is 3.35. The Labute approximate surface area is 127 Å². The summed E-state index contributed by atoms with van der Waals surface area (Å²) < 4.78 is 6.43. The molecule has 1 aromatic carbocycles. The minimum atomic E-state index is -0.522. The summed E-state index contributed by atoms with van der Waals surface area (Å²) in [6.45, 7) is 6.10. The Kier molecular flexibility index (Phi) is 4.05. The lowest BCUT2D eigenvalue weighted by Crippen LogP contribution is -2.44. The summed E-state index contributed by atoms with van der Waals surface area (Å²) in [5.74, 6) is 0.210. The van der Waals surface area contributed by atoms with Crippen molar-refractivity contribution in [2.75, 3.05) is 6.61 Å². The van der Waals surface area contributed by atoms with E-state index in [1.165, 1.54) is 0 Å². The topological polar surface area (TPSA) is 62.1 Å². The van der Waals surface area contributed by atoms with E-state index in [-0.39, 0.29) is 17.2 Å². The fraction of sp³-hybridized carbons (Fsp3) is 0.467. The van der Waals surface area contributed by atoms with E-state index in [4.69, 9.17) is 4.74 Å². The monoisotopic (exact) mass is 336 g/mol. The first-order chi connectivity index (χ1) is 9.32. The van der Waals surface area contributed by atoms with Gasteiger partial charge in [0.1, 0.15) is 24.3 Å². The quantitative estimate of drug-likeness (QED) is 0.902. The van der Waals surface area contributed by atoms with E-state index in [0.29, 0.717) is 6.61 Å². The standard InChI is InChI=1S/C15H17BrN2O2/c1-15(2,3)13(7-17)18-14(19)11-8-20-12-5-4-9(16)6-10(11)12/h4-6,11,13H,8H2,1-3H3,(H,18,19)/t11-,13+/m0/s1. The van der Waals surface area contributed by atoms with Crippen LogP contribution in [0.15, 0.2) is 22.7 Å². The Balaban J connectivity index is 2.17. The number of amides is 1. The number of nitriles is 1. The zero-order chi connectivity index (χ0) is 14.9. The van der Waals surface area contributed by atoms with Crippen molar-refractivity contribution < 1.29 is 9.53 Å². The van der Waals surface area contributed by atoms with Gasteiger partial charge in [-0.1, -0.05) is 36.7 Å². The summed E-state index contributed by atoms with van der Waals surface area (Å²) in [4.78, 5) is 12.4. The van der Waals surface area contributed by atoms with E-state index < -0.39 is 6.04 Å². The minimum absolute atomic E-state index is 0.164. The van der Waals surface area contributed by atoms with Gasteiger partial charge in [0.05, 0.1) is 6.07 Å². The lowest BCUT2D eigenvalue weighted by Gasteiger charge is -2.26. The van der Waals surface area contributed by atoms with Crippen molar-refractivity contribution in [3.63, 3.8) is 0 Å². The molecule has 0 bridgehead atoms. The number of hydrogen-bond acceptors (Lipinski definition) is 3. The first-order valence-corrected chi connectivity index (χ1v) is 7.24. The van der Waals surface area contributed by atoms with Crippen LogP contribution in [0.4, 0.5) is 0 Å². The smallest absolute Gasteiger partial charge is 0.232 e. The van der Waals surface area contributed by atoms with Crippen molar-refractivity contribution in [3.05, 3.63) is 28.2 Å². The van der Waals surface area contributed by atoms with Gasteiger partial charge in [0.25, 0.3) is 0 Å². The van der Waals surface area contributed by atoms with E-state index in [9.17, 15) is 10.1 Å². The highest BCUT2D eigenvalue weighted by atomic mass is 79.9. The molecular weight excluding hydrogens is 320 g/mol. The van der Waals surface area contributed by atoms with Gasteiger partial charge in [-0.15, -0.1) is 0 Å². The van der Waals surface area contributed by atoms with Crippen LogP contribution in [-0.2, 0) is 4.79 Å². The van der Waals surface area contributed by atoms with Gasteiger partial charge in [-0.05, 0) is 23.6 Å². The molecule has 4 nitrogen and oxygen atoms in total. The Bertz CT molecular complexity index is 572. The summed E-state index contributed by atoms with van der Waals surface area (Å²) in [6, 6.07) is 7.25. The second-order valence-corrected chi connectivity index (χ2v) is 6.90. The average Bonchev–Trinajstić information content (AvgIpc) is 2.77. The van der Waals surface area contributed by atoms with E-state index in [1.807, 2.05) is 39.0 Å². The fourth-order valence-corrected chi connectivity index (χ4v) is 2.47. The number of halogens is 1. The molecule has 0 aliphatic carbocycles. The van der Waals surface area contributed by atoms with Gasteiger partial charge >= 0.3 is 0 Å². The molecule has 1 amide bonds. The molecule has 5 heteroatoms. The lowest BCUT2D eigenvalue weighted by molar-refractivity contribution is -0.123. The van der Waals surface area contributed by atoms with Crippen molar-refractivity contribution in [3.8, 4) is 11.8 Å². The molecule has 0 spiro atoms. The number of nitrogens with zero attached hydrogens (tertiary/aromatic N) is 1. The average molecular weight is 337 g/mol. The molecule has 106 valence electrons. The molecule has 1 aliphatic rings. The molecule has 1 aliphatic heterocycles. The van der Waals surface area contributed by atoms with Gasteiger partial charge in [0.15, 0.2) is 0 Å². The van der Waals surface area contributed by atoms with Crippen molar-refractivity contribution in [1.82, 2.24) is 5.32 Å². The van der Waals surface area contributed by atoms with Crippen LogP contribution in [0.2, 0.25) is 0 Å². The summed E-state index contributed by atoms with van der Waals surface area (Å²) >= 11 is 3.40. The molecule has 1 N–H and O–H groups in total. The summed E-state index contributed by atoms with van der Waals surface area (Å²) in [6.07, 6.45) is 0. The largest absolute Gasteiger partial charge is 0.492 e. The Hall–Kier alpha value is -1.54. The zero-order valence-electron chi connectivity index (χ0n) is 11.7. The van der Waals surface area contributed by atoms with Gasteiger partial charge in [-0.2, -0.15) is 5.26 Å². The summed E-state index contributed by atoms with van der Waals surface area (Å²) in [5, 5.41) is 12.0. The van der Waals surface area contributed by atoms with Crippen molar-refractivity contribution in [2.45, 2.75) is 32.7 Å². The van der Waals surface area contributed by atoms with E-state index >= 15 is 0 Å². The van der Waals surface area contributed by atoms with E-state index in [2.05, 4.69) is 27.3 Å². The molecule has 0 unspecified atom stereocenters. The zero-order valence-corrected chi connectivity index (χ0v) is 13.3. The number of carbonyl (C=O) groups excluding carboxylic acids is 1. The van der Waals surface area contributed by atoms with Gasteiger partial charge in [-0.25, -0.2) is 0 Å². The Morgan fingerprint density at radius 3 is 2.85 bits per heavy atom. The molecule has 1 heterocycles. The highest BCUT2D eigenvalue weighted by Gasteiger charge is 2.34. The molecule has 2 rings (SSSR count). The maximum atomic E-state index is 12.4. The SMILES string of the molecule is CC(C)(C)[C@@H](C#N)NC(=O)[C@H]1COc2ccc(Br)cc21. The number of ether oxygens (including phenoxy) is 1. The highest BCUT2D eigenvalue weighted by molar-refractivity contribution is 9.10. The predicted molar refractivity (Wildman–Crippen MR) is 79.4 cm³/mol. The van der Waals surface area contributed by atoms with Crippen LogP contribution in [0.3, 0.4) is 0 Å². The third kappa shape index (κ3) is 2.96. The molecule has 0 aromatic heterocycles. The second-order valence-electron chi connectivity index (χ2n) is 5.98. The van der Waals surface area contributed by atoms with Crippen molar-refractivity contribution >= 4 is 21.8 Å². The molecule has 2 atom stereocenters. The van der Waals surface area contributed by atoms with Gasteiger partial charge < -0.3 is 10.1 Å². The van der Waals surface area contributed by atoms with Crippen LogP contribution in [0, 0.1) is 16.7 Å². The Morgan fingerprint density at radius 1 is 1.55 bits per heavy atom. The molecule has 1 aromatic rings. The third-order valence-corrected chi connectivity index (χ3v) is 3.84.